The van der Waals surface area contributed by atoms with Gasteiger partial charge in [-0.3, -0.25) is 28.8 Å². The number of Topliss-reactive ketones (excluding diaryl/α,β-unsaturated/α-hetero) is 1. The maximum Gasteiger partial charge on any atom is 0.338 e. The Morgan fingerprint density at radius 1 is 0.717 bits per heavy atom. The fourth-order valence-electron chi connectivity index (χ4n) is 7.55. The molecule has 0 radical (unpaired) electrons. The first kappa shape index (κ1) is 34.5. The number of ether oxygens (including phenoxy) is 7. The van der Waals surface area contributed by atoms with Gasteiger partial charge in [0.1, 0.15) is 29.8 Å². The summed E-state index contributed by atoms with van der Waals surface area (Å²) in [6.07, 6.45) is -8.32. The standard InChI is InChI=1S/C32H38O14/c1-15-24(41-17(3)34)25(42-18(4)35)28(45-29(39)21-12-10-9-11-13-21)31(14-40-16(2)33)27(44-20(6)37)23(38)22-26(43-19(5)36)32(15,31)46-30(22,7)8/h9-13,15,22,24-28H,14H2,1-8H3. The highest BCUT2D eigenvalue weighted by Crippen LogP contribution is 2.67. The Kier molecular flexibility index (Phi) is 9.36. The largest absolute Gasteiger partial charge is 0.465 e. The van der Waals surface area contributed by atoms with Crippen molar-refractivity contribution in [3.63, 3.8) is 0 Å². The average molecular weight is 647 g/mol. The van der Waals surface area contributed by atoms with Crippen molar-refractivity contribution in [3.8, 4) is 0 Å². The molecule has 3 fully saturated rings. The minimum atomic E-state index is -2.24. The monoisotopic (exact) mass is 646 g/mol. The highest BCUT2D eigenvalue weighted by molar-refractivity contribution is 5.93. The van der Waals surface area contributed by atoms with Gasteiger partial charge in [0.05, 0.1) is 17.1 Å². The number of carbonyl (C=O) groups excluding carboxylic acids is 7. The third-order valence-electron chi connectivity index (χ3n) is 8.90. The number of hydrogen-bond acceptors (Lipinski definition) is 14. The number of carbonyl (C=O) groups is 7. The maximum atomic E-state index is 14.6. The third-order valence-corrected chi connectivity index (χ3v) is 8.90. The molecular formula is C32H38O14. The number of rotatable bonds is 8. The van der Waals surface area contributed by atoms with Crippen molar-refractivity contribution in [1.29, 1.82) is 0 Å². The van der Waals surface area contributed by atoms with Crippen LogP contribution in [0.2, 0.25) is 0 Å². The van der Waals surface area contributed by atoms with Crippen LogP contribution >= 0.6 is 0 Å². The summed E-state index contributed by atoms with van der Waals surface area (Å²) in [6.45, 7) is 9.28. The molecule has 1 aliphatic heterocycles. The first-order valence-corrected chi connectivity index (χ1v) is 14.7. The highest BCUT2D eigenvalue weighted by atomic mass is 16.6. The van der Waals surface area contributed by atoms with E-state index in [9.17, 15) is 33.6 Å². The molecule has 0 N–H and O–H groups in total. The quantitative estimate of drug-likeness (QED) is 0.295. The molecule has 14 heteroatoms. The molecule has 3 aliphatic rings. The van der Waals surface area contributed by atoms with Gasteiger partial charge in [-0.2, -0.15) is 0 Å². The predicted octanol–water partition coefficient (Wildman–Crippen LogP) is 1.88. The molecule has 1 spiro atoms. The molecule has 2 aliphatic carbocycles. The second-order valence-corrected chi connectivity index (χ2v) is 12.3. The summed E-state index contributed by atoms with van der Waals surface area (Å²) in [5, 5.41) is 0. The van der Waals surface area contributed by atoms with Crippen molar-refractivity contribution >= 4 is 41.6 Å². The molecule has 2 bridgehead atoms. The lowest BCUT2D eigenvalue weighted by Crippen LogP contribution is -2.83. The van der Waals surface area contributed by atoms with Crippen molar-refractivity contribution in [2.24, 2.45) is 17.3 Å². The van der Waals surface area contributed by atoms with Gasteiger partial charge in [-0.1, -0.05) is 25.1 Å². The van der Waals surface area contributed by atoms with E-state index in [0.29, 0.717) is 0 Å². The number of esters is 6. The summed E-state index contributed by atoms with van der Waals surface area (Å²) in [5.74, 6) is -8.45. The van der Waals surface area contributed by atoms with E-state index in [4.69, 9.17) is 33.2 Å². The maximum absolute atomic E-state index is 14.6. The Bertz CT molecular complexity index is 1440. The Hall–Kier alpha value is -4.33. The molecule has 1 aromatic rings. The molecule has 0 aromatic heterocycles. The lowest BCUT2D eigenvalue weighted by molar-refractivity contribution is -0.332. The van der Waals surface area contributed by atoms with Crippen LogP contribution in [-0.2, 0) is 61.9 Å². The van der Waals surface area contributed by atoms with Crippen molar-refractivity contribution in [2.45, 2.75) is 97.1 Å². The van der Waals surface area contributed by atoms with E-state index in [0.717, 1.165) is 34.6 Å². The van der Waals surface area contributed by atoms with Gasteiger partial charge in [0.2, 0.25) is 0 Å². The summed E-state index contributed by atoms with van der Waals surface area (Å²) < 4.78 is 41.5. The summed E-state index contributed by atoms with van der Waals surface area (Å²) >= 11 is 0. The number of benzene rings is 1. The van der Waals surface area contributed by atoms with E-state index in [1.54, 1.807) is 32.0 Å². The summed E-state index contributed by atoms with van der Waals surface area (Å²) in [7, 11) is 0. The van der Waals surface area contributed by atoms with Crippen LogP contribution in [-0.4, -0.2) is 89.9 Å². The Morgan fingerprint density at radius 2 is 1.26 bits per heavy atom. The van der Waals surface area contributed by atoms with Crippen LogP contribution in [0.5, 0.6) is 0 Å². The van der Waals surface area contributed by atoms with Crippen molar-refractivity contribution in [2.75, 3.05) is 6.61 Å². The summed E-state index contributed by atoms with van der Waals surface area (Å²) in [5.41, 5.74) is -5.68. The zero-order valence-corrected chi connectivity index (χ0v) is 26.9. The third kappa shape index (κ3) is 5.63. The molecule has 1 aromatic carbocycles. The Balaban J connectivity index is 2.16. The summed E-state index contributed by atoms with van der Waals surface area (Å²) in [6, 6.07) is 7.67. The summed E-state index contributed by atoms with van der Waals surface area (Å²) in [4.78, 5) is 91.4. The SMILES string of the molecule is CC(=O)OCC12C(OC(C)=O)C(=O)C3C(OC(C)=O)C1(OC3(C)C)C(C)C(OC(C)=O)C(OC(C)=O)C2OC(=O)c1ccccc1. The minimum Gasteiger partial charge on any atom is -0.465 e. The normalized spacial score (nSPS) is 33.9. The Labute approximate surface area is 265 Å². The molecule has 9 atom stereocenters. The van der Waals surface area contributed by atoms with Crippen LogP contribution in [0.25, 0.3) is 0 Å². The predicted molar refractivity (Wildman–Crippen MR) is 152 cm³/mol. The molecule has 46 heavy (non-hydrogen) atoms. The van der Waals surface area contributed by atoms with Crippen molar-refractivity contribution < 1.29 is 66.7 Å². The van der Waals surface area contributed by atoms with Crippen LogP contribution in [0.1, 0.15) is 65.7 Å². The molecular weight excluding hydrogens is 608 g/mol. The zero-order valence-electron chi connectivity index (χ0n) is 26.9. The van der Waals surface area contributed by atoms with E-state index < -0.39 is 107 Å². The van der Waals surface area contributed by atoms with Gasteiger partial charge in [0.15, 0.2) is 24.1 Å². The van der Waals surface area contributed by atoms with Crippen LogP contribution in [0.4, 0.5) is 0 Å². The zero-order chi connectivity index (χ0) is 34.4. The lowest BCUT2D eigenvalue weighted by Gasteiger charge is -2.64. The average Bonchev–Trinajstić information content (AvgIpc) is 3.14. The van der Waals surface area contributed by atoms with E-state index in [1.165, 1.54) is 19.1 Å². The molecule has 14 nitrogen and oxygen atoms in total. The Morgan fingerprint density at radius 3 is 1.78 bits per heavy atom. The van der Waals surface area contributed by atoms with Gasteiger partial charge in [-0.15, -0.1) is 0 Å². The first-order chi connectivity index (χ1) is 21.4. The van der Waals surface area contributed by atoms with Gasteiger partial charge >= 0.3 is 35.8 Å². The minimum absolute atomic E-state index is 0.0386. The molecule has 2 saturated carbocycles. The molecule has 1 saturated heterocycles. The molecule has 250 valence electrons. The number of hydrogen-bond donors (Lipinski definition) is 0. The molecule has 4 rings (SSSR count). The first-order valence-electron chi connectivity index (χ1n) is 14.7. The van der Waals surface area contributed by atoms with Crippen molar-refractivity contribution in [1.82, 2.24) is 0 Å². The van der Waals surface area contributed by atoms with Crippen LogP contribution in [0, 0.1) is 17.3 Å². The van der Waals surface area contributed by atoms with E-state index in [1.807, 2.05) is 0 Å². The van der Waals surface area contributed by atoms with Gasteiger partial charge in [0.25, 0.3) is 0 Å². The molecule has 1 heterocycles. The van der Waals surface area contributed by atoms with Crippen LogP contribution in [0.15, 0.2) is 30.3 Å². The molecule has 9 unspecified atom stereocenters. The topological polar surface area (TPSA) is 184 Å². The number of fused-ring (bicyclic) bond motifs is 1. The van der Waals surface area contributed by atoms with E-state index in [2.05, 4.69) is 0 Å². The van der Waals surface area contributed by atoms with Gasteiger partial charge in [-0.25, -0.2) is 4.79 Å². The fourth-order valence-corrected chi connectivity index (χ4v) is 7.55. The van der Waals surface area contributed by atoms with Crippen LogP contribution < -0.4 is 0 Å². The lowest BCUT2D eigenvalue weighted by atomic mass is 9.46. The van der Waals surface area contributed by atoms with Gasteiger partial charge in [-0.05, 0) is 26.0 Å². The number of ketones is 1. The van der Waals surface area contributed by atoms with Crippen LogP contribution in [0.3, 0.4) is 0 Å². The van der Waals surface area contributed by atoms with Gasteiger partial charge < -0.3 is 33.2 Å². The van der Waals surface area contributed by atoms with E-state index in [-0.39, 0.29) is 5.56 Å². The van der Waals surface area contributed by atoms with Gasteiger partial charge in [0, 0.05) is 40.5 Å². The second kappa shape index (κ2) is 12.5. The fraction of sp³-hybridized carbons (Fsp3) is 0.594. The van der Waals surface area contributed by atoms with Crippen molar-refractivity contribution in [3.05, 3.63) is 35.9 Å². The second-order valence-electron chi connectivity index (χ2n) is 12.3. The van der Waals surface area contributed by atoms with E-state index >= 15 is 0 Å². The highest BCUT2D eigenvalue weighted by Gasteiger charge is 2.87. The smallest absolute Gasteiger partial charge is 0.338 e. The molecule has 0 amide bonds.